The van der Waals surface area contributed by atoms with E-state index < -0.39 is 0 Å². The van der Waals surface area contributed by atoms with Gasteiger partial charge in [0.2, 0.25) is 0 Å². The van der Waals surface area contributed by atoms with Gasteiger partial charge >= 0.3 is 0 Å². The number of hydrogen-bond acceptors (Lipinski definition) is 3. The van der Waals surface area contributed by atoms with Gasteiger partial charge in [-0.25, -0.2) is 0 Å². The molecule has 1 N–H and O–H groups in total. The van der Waals surface area contributed by atoms with Crippen LogP contribution in [-0.2, 0) is 6.42 Å². The van der Waals surface area contributed by atoms with E-state index >= 15 is 0 Å². The smallest absolute Gasteiger partial charge is 0.122 e. The highest BCUT2D eigenvalue weighted by atomic mass is 32.1. The number of aryl methyl sites for hydroxylation is 1. The van der Waals surface area contributed by atoms with Crippen molar-refractivity contribution in [3.8, 4) is 5.75 Å². The maximum Gasteiger partial charge on any atom is 0.122 e. The fourth-order valence-corrected chi connectivity index (χ4v) is 2.40. The minimum Gasteiger partial charge on any atom is -0.496 e. The Hall–Kier alpha value is -0.670. The second kappa shape index (κ2) is 7.70. The third-order valence-corrected chi connectivity index (χ3v) is 3.81. The summed E-state index contributed by atoms with van der Waals surface area (Å²) >= 11 is 4.21. The first-order valence-corrected chi connectivity index (χ1v) is 7.20. The lowest BCUT2D eigenvalue weighted by molar-refractivity contribution is 0.410. The number of rotatable bonds is 7. The van der Waals surface area contributed by atoms with E-state index in [2.05, 4.69) is 44.8 Å². The maximum absolute atomic E-state index is 5.40. The summed E-state index contributed by atoms with van der Waals surface area (Å²) in [5.41, 5.74) is 5.40. The lowest BCUT2D eigenvalue weighted by atomic mass is 9.95. The number of benzene rings is 1. The topological polar surface area (TPSA) is 21.3 Å². The van der Waals surface area contributed by atoms with Crippen LogP contribution in [0.3, 0.4) is 0 Å². The van der Waals surface area contributed by atoms with Gasteiger partial charge < -0.3 is 10.1 Å². The lowest BCUT2D eigenvalue weighted by Gasteiger charge is -2.16. The first-order chi connectivity index (χ1) is 8.61. The summed E-state index contributed by atoms with van der Waals surface area (Å²) in [6.45, 7) is 8.56. The van der Waals surface area contributed by atoms with Crippen molar-refractivity contribution in [1.29, 1.82) is 0 Å². The first-order valence-electron chi connectivity index (χ1n) is 6.57. The lowest BCUT2D eigenvalue weighted by Crippen LogP contribution is -2.19. The summed E-state index contributed by atoms with van der Waals surface area (Å²) in [6.07, 6.45) is 2.21. The van der Waals surface area contributed by atoms with Crippen molar-refractivity contribution >= 4 is 12.6 Å². The number of hydrogen-bond donors (Lipinski definition) is 2. The molecular formula is C15H25NOS. The van der Waals surface area contributed by atoms with Gasteiger partial charge in [-0.1, -0.05) is 0 Å². The van der Waals surface area contributed by atoms with E-state index in [9.17, 15) is 0 Å². The van der Waals surface area contributed by atoms with Crippen LogP contribution in [0.2, 0.25) is 0 Å². The molecule has 0 atom stereocenters. The second-order valence-electron chi connectivity index (χ2n) is 4.70. The number of nitrogens with one attached hydrogen (secondary N) is 1. The van der Waals surface area contributed by atoms with Crippen molar-refractivity contribution in [2.24, 2.45) is 0 Å². The number of methoxy groups -OCH3 is 1. The molecule has 0 radical (unpaired) electrons. The van der Waals surface area contributed by atoms with Crippen LogP contribution in [-0.4, -0.2) is 26.0 Å². The molecule has 0 saturated heterocycles. The van der Waals surface area contributed by atoms with E-state index in [1.54, 1.807) is 7.11 Å². The summed E-state index contributed by atoms with van der Waals surface area (Å²) in [5, 5.41) is 3.46. The van der Waals surface area contributed by atoms with E-state index in [0.29, 0.717) is 0 Å². The predicted octanol–water partition coefficient (Wildman–Crippen LogP) is 3.07. The van der Waals surface area contributed by atoms with Gasteiger partial charge in [-0.05, 0) is 80.8 Å². The number of ether oxygens (including phenoxy) is 1. The highest BCUT2D eigenvalue weighted by molar-refractivity contribution is 7.80. The Morgan fingerprint density at radius 1 is 1.17 bits per heavy atom. The zero-order chi connectivity index (χ0) is 13.5. The summed E-state index contributed by atoms with van der Waals surface area (Å²) in [6, 6.07) is 2.14. The molecule has 0 aromatic heterocycles. The average molecular weight is 267 g/mol. The molecule has 0 spiro atoms. The van der Waals surface area contributed by atoms with Crippen LogP contribution in [0.5, 0.6) is 5.75 Å². The molecule has 0 aliphatic heterocycles. The summed E-state index contributed by atoms with van der Waals surface area (Å²) in [4.78, 5) is 0. The van der Waals surface area contributed by atoms with Crippen molar-refractivity contribution < 1.29 is 4.74 Å². The summed E-state index contributed by atoms with van der Waals surface area (Å²) in [5.74, 6) is 1.95. The van der Waals surface area contributed by atoms with E-state index in [-0.39, 0.29) is 0 Å². The maximum atomic E-state index is 5.40. The first kappa shape index (κ1) is 15.4. The molecule has 0 fully saturated rings. The minimum absolute atomic E-state index is 0.951. The van der Waals surface area contributed by atoms with Crippen LogP contribution in [0.4, 0.5) is 0 Å². The predicted molar refractivity (Wildman–Crippen MR) is 82.2 cm³/mol. The van der Waals surface area contributed by atoms with Gasteiger partial charge in [0.05, 0.1) is 7.11 Å². The van der Waals surface area contributed by atoms with Crippen LogP contribution in [0, 0.1) is 20.8 Å². The van der Waals surface area contributed by atoms with Gasteiger partial charge in [-0.3, -0.25) is 0 Å². The third kappa shape index (κ3) is 3.92. The van der Waals surface area contributed by atoms with Gasteiger partial charge in [-0.15, -0.1) is 0 Å². The molecule has 2 nitrogen and oxygen atoms in total. The summed E-state index contributed by atoms with van der Waals surface area (Å²) in [7, 11) is 1.74. The van der Waals surface area contributed by atoms with E-state index in [1.165, 1.54) is 22.3 Å². The zero-order valence-corrected chi connectivity index (χ0v) is 12.9. The molecule has 0 saturated carbocycles. The van der Waals surface area contributed by atoms with E-state index in [1.807, 2.05) is 0 Å². The Morgan fingerprint density at radius 3 is 2.50 bits per heavy atom. The third-order valence-electron chi connectivity index (χ3n) is 3.49. The fourth-order valence-electron chi connectivity index (χ4n) is 2.24. The average Bonchev–Trinajstić information content (AvgIpc) is 2.37. The molecule has 1 aromatic carbocycles. The Morgan fingerprint density at radius 2 is 1.89 bits per heavy atom. The largest absolute Gasteiger partial charge is 0.496 e. The molecule has 3 heteroatoms. The molecular weight excluding hydrogens is 242 g/mol. The Balaban J connectivity index is 2.68. The van der Waals surface area contributed by atoms with E-state index in [0.717, 1.165) is 37.4 Å². The molecule has 0 heterocycles. The van der Waals surface area contributed by atoms with Crippen LogP contribution in [0.1, 0.15) is 28.7 Å². The van der Waals surface area contributed by atoms with E-state index in [4.69, 9.17) is 4.74 Å². The highest BCUT2D eigenvalue weighted by Gasteiger charge is 2.10. The Kier molecular flexibility index (Phi) is 6.58. The van der Waals surface area contributed by atoms with Crippen molar-refractivity contribution in [2.45, 2.75) is 33.6 Å². The quantitative estimate of drug-likeness (QED) is 0.585. The molecule has 102 valence electrons. The molecule has 0 aliphatic carbocycles. The Labute approximate surface area is 117 Å². The second-order valence-corrected chi connectivity index (χ2v) is 5.15. The molecule has 18 heavy (non-hydrogen) atoms. The minimum atomic E-state index is 0.951. The SMILES string of the molecule is COc1cc(C)c(CCNCCCS)c(C)c1C. The molecule has 1 aromatic rings. The van der Waals surface area contributed by atoms with Gasteiger partial charge in [0, 0.05) is 0 Å². The molecule has 0 bridgehead atoms. The molecule has 0 amide bonds. The van der Waals surface area contributed by atoms with Crippen molar-refractivity contribution in [3.05, 3.63) is 28.3 Å². The van der Waals surface area contributed by atoms with Crippen molar-refractivity contribution in [2.75, 3.05) is 26.0 Å². The molecule has 0 unspecified atom stereocenters. The monoisotopic (exact) mass is 267 g/mol. The standard InChI is InChI=1S/C15H25NOS/c1-11-10-15(17-4)13(3)12(2)14(11)6-8-16-7-5-9-18/h10,16,18H,5-9H2,1-4H3. The number of thiol groups is 1. The van der Waals surface area contributed by atoms with Gasteiger partial charge in [0.15, 0.2) is 0 Å². The van der Waals surface area contributed by atoms with Gasteiger partial charge in [-0.2, -0.15) is 12.6 Å². The molecule has 1 rings (SSSR count). The van der Waals surface area contributed by atoms with Gasteiger partial charge in [0.1, 0.15) is 5.75 Å². The van der Waals surface area contributed by atoms with Crippen molar-refractivity contribution in [1.82, 2.24) is 5.32 Å². The van der Waals surface area contributed by atoms with Gasteiger partial charge in [0.25, 0.3) is 0 Å². The van der Waals surface area contributed by atoms with Crippen LogP contribution < -0.4 is 10.1 Å². The normalized spacial score (nSPS) is 10.7. The van der Waals surface area contributed by atoms with Crippen LogP contribution in [0.15, 0.2) is 6.07 Å². The van der Waals surface area contributed by atoms with Crippen LogP contribution in [0.25, 0.3) is 0 Å². The van der Waals surface area contributed by atoms with Crippen LogP contribution >= 0.6 is 12.6 Å². The van der Waals surface area contributed by atoms with Crippen molar-refractivity contribution in [3.63, 3.8) is 0 Å². The summed E-state index contributed by atoms with van der Waals surface area (Å²) < 4.78 is 5.40. The highest BCUT2D eigenvalue weighted by Crippen LogP contribution is 2.27. The zero-order valence-electron chi connectivity index (χ0n) is 12.0. The molecule has 0 aliphatic rings. The fraction of sp³-hybridized carbons (Fsp3) is 0.600. The Bertz CT molecular complexity index is 391.